The number of halogens is 3. The average Bonchev–Trinajstić information content (AvgIpc) is 2.65. The van der Waals surface area contributed by atoms with Crippen LogP contribution in [-0.2, 0) is 6.54 Å². The lowest BCUT2D eigenvalue weighted by molar-refractivity contribution is 0.415. The summed E-state index contributed by atoms with van der Waals surface area (Å²) in [7, 11) is 1.51. The van der Waals surface area contributed by atoms with Gasteiger partial charge in [0.1, 0.15) is 17.4 Å². The van der Waals surface area contributed by atoms with Gasteiger partial charge in [0.25, 0.3) is 0 Å². The van der Waals surface area contributed by atoms with Crippen LogP contribution in [0, 0.1) is 31.3 Å². The molecule has 0 saturated carbocycles. The molecule has 2 aromatic carbocycles. The predicted octanol–water partition coefficient (Wildman–Crippen LogP) is 4.08. The quantitative estimate of drug-likeness (QED) is 0.715. The molecule has 1 N–H and O–H groups in total. The molecule has 3 aromatic rings. The van der Waals surface area contributed by atoms with E-state index in [0.717, 1.165) is 23.9 Å². The zero-order valence-electron chi connectivity index (χ0n) is 15.5. The van der Waals surface area contributed by atoms with Gasteiger partial charge >= 0.3 is 5.56 Å². The molecule has 5 nitrogen and oxygen atoms in total. The topological polar surface area (TPSA) is 56.1 Å². The molecule has 0 aliphatic carbocycles. The predicted molar refractivity (Wildman–Crippen MR) is 99.7 cm³/mol. The van der Waals surface area contributed by atoms with Gasteiger partial charge in [-0.1, -0.05) is 6.07 Å². The Morgan fingerprint density at radius 2 is 1.75 bits per heavy atom. The van der Waals surface area contributed by atoms with Crippen LogP contribution in [0.15, 0.2) is 41.3 Å². The lowest BCUT2D eigenvalue weighted by Crippen LogP contribution is -2.20. The van der Waals surface area contributed by atoms with E-state index < -0.39 is 23.0 Å². The van der Waals surface area contributed by atoms with E-state index >= 15 is 0 Å². The molecule has 8 heteroatoms. The van der Waals surface area contributed by atoms with Crippen LogP contribution in [0.3, 0.4) is 0 Å². The number of nitrogens with zero attached hydrogens (tertiary/aromatic N) is 2. The molecule has 0 bridgehead atoms. The number of ether oxygens (including phenoxy) is 1. The lowest BCUT2D eigenvalue weighted by Gasteiger charge is -2.16. The van der Waals surface area contributed by atoms with Crippen molar-refractivity contribution in [2.24, 2.45) is 0 Å². The standard InChI is InChI=1S/C20H18F3N3O2/c1-11-4-5-14(28-3)8-18(11)24-20-25-19(27)17(23)10-26(20)9-13-6-15(21)12(2)16(22)7-13/h4-8,10H,9H2,1-3H3,(H,24,25,27). The minimum absolute atomic E-state index is 0.0316. The van der Waals surface area contributed by atoms with Crippen molar-refractivity contribution in [2.75, 3.05) is 12.4 Å². The first-order chi connectivity index (χ1) is 13.3. The van der Waals surface area contributed by atoms with E-state index in [-0.39, 0.29) is 23.6 Å². The van der Waals surface area contributed by atoms with E-state index in [1.807, 2.05) is 6.92 Å². The molecular formula is C20H18F3N3O2. The Morgan fingerprint density at radius 1 is 1.07 bits per heavy atom. The summed E-state index contributed by atoms with van der Waals surface area (Å²) in [4.78, 5) is 15.4. The van der Waals surface area contributed by atoms with Crippen LogP contribution in [0.25, 0.3) is 0 Å². The summed E-state index contributed by atoms with van der Waals surface area (Å²) < 4.78 is 48.0. The molecule has 0 radical (unpaired) electrons. The van der Waals surface area contributed by atoms with Crippen molar-refractivity contribution in [2.45, 2.75) is 20.4 Å². The zero-order chi connectivity index (χ0) is 20.4. The molecular weight excluding hydrogens is 371 g/mol. The number of rotatable bonds is 5. The molecule has 28 heavy (non-hydrogen) atoms. The number of aromatic nitrogens is 2. The summed E-state index contributed by atoms with van der Waals surface area (Å²) in [6, 6.07) is 7.59. The largest absolute Gasteiger partial charge is 0.497 e. The fraction of sp³-hybridized carbons (Fsp3) is 0.200. The number of aryl methyl sites for hydroxylation is 1. The Kier molecular flexibility index (Phi) is 5.39. The van der Waals surface area contributed by atoms with Gasteiger partial charge in [-0.25, -0.2) is 8.78 Å². The SMILES string of the molecule is COc1ccc(C)c(Nc2nc(=O)c(F)cn2Cc2cc(F)c(C)c(F)c2)c1. The Bertz CT molecular complexity index is 1070. The van der Waals surface area contributed by atoms with Crippen molar-refractivity contribution in [3.63, 3.8) is 0 Å². The summed E-state index contributed by atoms with van der Waals surface area (Å²) in [6.07, 6.45) is 0.947. The molecule has 146 valence electrons. The van der Waals surface area contributed by atoms with E-state index in [0.29, 0.717) is 11.4 Å². The maximum Gasteiger partial charge on any atom is 0.310 e. The lowest BCUT2D eigenvalue weighted by atomic mass is 10.1. The summed E-state index contributed by atoms with van der Waals surface area (Å²) >= 11 is 0. The van der Waals surface area contributed by atoms with Crippen LogP contribution in [0.5, 0.6) is 5.75 Å². The summed E-state index contributed by atoms with van der Waals surface area (Å²) in [5.41, 5.74) is 0.543. The monoisotopic (exact) mass is 389 g/mol. The molecule has 0 amide bonds. The van der Waals surface area contributed by atoms with Crippen LogP contribution in [0.1, 0.15) is 16.7 Å². The normalized spacial score (nSPS) is 10.8. The Labute approximate surface area is 159 Å². The van der Waals surface area contributed by atoms with Gasteiger partial charge in [-0.3, -0.25) is 4.79 Å². The molecule has 0 fully saturated rings. The van der Waals surface area contributed by atoms with Crippen molar-refractivity contribution in [1.29, 1.82) is 0 Å². The number of hydrogen-bond acceptors (Lipinski definition) is 4. The first kappa shape index (κ1) is 19.5. The van der Waals surface area contributed by atoms with Gasteiger partial charge < -0.3 is 14.6 Å². The van der Waals surface area contributed by atoms with Crippen molar-refractivity contribution in [3.8, 4) is 5.75 Å². The van der Waals surface area contributed by atoms with Crippen LogP contribution in [0.2, 0.25) is 0 Å². The fourth-order valence-corrected chi connectivity index (χ4v) is 2.66. The number of benzene rings is 2. The Morgan fingerprint density at radius 3 is 2.39 bits per heavy atom. The number of nitrogens with one attached hydrogen (secondary N) is 1. The van der Waals surface area contributed by atoms with Gasteiger partial charge in [0.05, 0.1) is 13.7 Å². The summed E-state index contributed by atoms with van der Waals surface area (Å²) in [6.45, 7) is 3.07. The van der Waals surface area contributed by atoms with Gasteiger partial charge in [-0.05, 0) is 43.2 Å². The van der Waals surface area contributed by atoms with Gasteiger partial charge in [-0.2, -0.15) is 9.37 Å². The first-order valence-corrected chi connectivity index (χ1v) is 8.41. The van der Waals surface area contributed by atoms with Gasteiger partial charge in [-0.15, -0.1) is 0 Å². The van der Waals surface area contributed by atoms with Crippen LogP contribution >= 0.6 is 0 Å². The van der Waals surface area contributed by atoms with Crippen LogP contribution < -0.4 is 15.6 Å². The Balaban J connectivity index is 2.03. The van der Waals surface area contributed by atoms with Gasteiger partial charge in [0.2, 0.25) is 11.8 Å². The van der Waals surface area contributed by atoms with E-state index in [9.17, 15) is 18.0 Å². The van der Waals surface area contributed by atoms with Crippen LogP contribution in [0.4, 0.5) is 24.8 Å². The van der Waals surface area contributed by atoms with E-state index in [1.165, 1.54) is 18.6 Å². The highest BCUT2D eigenvalue weighted by Crippen LogP contribution is 2.25. The van der Waals surface area contributed by atoms with Crippen molar-refractivity contribution in [1.82, 2.24) is 9.55 Å². The highest BCUT2D eigenvalue weighted by Gasteiger charge is 2.13. The van der Waals surface area contributed by atoms with Crippen molar-refractivity contribution < 1.29 is 17.9 Å². The molecule has 0 aliphatic rings. The molecule has 0 unspecified atom stereocenters. The molecule has 1 aromatic heterocycles. The minimum Gasteiger partial charge on any atom is -0.497 e. The van der Waals surface area contributed by atoms with Gasteiger partial charge in [0, 0.05) is 23.5 Å². The highest BCUT2D eigenvalue weighted by atomic mass is 19.1. The van der Waals surface area contributed by atoms with E-state index in [1.54, 1.807) is 18.2 Å². The van der Waals surface area contributed by atoms with Gasteiger partial charge in [0.15, 0.2) is 0 Å². The number of anilines is 2. The third-order valence-electron chi connectivity index (χ3n) is 4.34. The smallest absolute Gasteiger partial charge is 0.310 e. The average molecular weight is 389 g/mol. The summed E-state index contributed by atoms with van der Waals surface area (Å²) in [5.74, 6) is -1.87. The molecule has 3 rings (SSSR count). The first-order valence-electron chi connectivity index (χ1n) is 8.41. The maximum atomic E-state index is 13.9. The van der Waals surface area contributed by atoms with Crippen LogP contribution in [-0.4, -0.2) is 16.7 Å². The van der Waals surface area contributed by atoms with E-state index in [2.05, 4.69) is 10.3 Å². The maximum absolute atomic E-state index is 13.9. The van der Waals surface area contributed by atoms with Crippen molar-refractivity contribution >= 4 is 11.6 Å². The number of hydrogen-bond donors (Lipinski definition) is 1. The number of methoxy groups -OCH3 is 1. The Hall–Kier alpha value is -3.29. The fourth-order valence-electron chi connectivity index (χ4n) is 2.66. The third-order valence-corrected chi connectivity index (χ3v) is 4.34. The van der Waals surface area contributed by atoms with Crippen molar-refractivity contribution in [3.05, 3.63) is 81.0 Å². The molecule has 0 spiro atoms. The molecule has 0 saturated heterocycles. The molecule has 0 aliphatic heterocycles. The second-order valence-corrected chi connectivity index (χ2v) is 6.34. The minimum atomic E-state index is -1.07. The summed E-state index contributed by atoms with van der Waals surface area (Å²) in [5, 5.41) is 2.96. The third kappa shape index (κ3) is 4.00. The highest BCUT2D eigenvalue weighted by molar-refractivity contribution is 5.61. The second kappa shape index (κ2) is 7.75. The zero-order valence-corrected chi connectivity index (χ0v) is 15.5. The molecule has 1 heterocycles. The molecule has 0 atom stereocenters. The van der Waals surface area contributed by atoms with E-state index in [4.69, 9.17) is 4.74 Å². The second-order valence-electron chi connectivity index (χ2n) is 6.34.